The maximum Gasteiger partial charge on any atom is 0.253 e. The van der Waals surface area contributed by atoms with E-state index in [9.17, 15) is 13.2 Å². The van der Waals surface area contributed by atoms with Gasteiger partial charge in [-0.2, -0.15) is 4.31 Å². The summed E-state index contributed by atoms with van der Waals surface area (Å²) in [5.41, 5.74) is 0.459. The van der Waals surface area contributed by atoms with E-state index in [1.165, 1.54) is 0 Å². The molecular formula is C19H29N3O3S. The number of rotatable bonds is 4. The Morgan fingerprint density at radius 2 is 1.85 bits per heavy atom. The maximum absolute atomic E-state index is 13.1. The van der Waals surface area contributed by atoms with E-state index in [4.69, 9.17) is 0 Å². The van der Waals surface area contributed by atoms with Gasteiger partial charge in [0.2, 0.25) is 10.0 Å². The number of piperazine rings is 1. The molecule has 0 aromatic heterocycles. The normalized spacial score (nSPS) is 23.2. The van der Waals surface area contributed by atoms with Gasteiger partial charge in [0.25, 0.3) is 5.91 Å². The Morgan fingerprint density at radius 3 is 2.54 bits per heavy atom. The minimum atomic E-state index is -3.56. The van der Waals surface area contributed by atoms with E-state index in [-0.39, 0.29) is 16.8 Å². The quantitative estimate of drug-likeness (QED) is 0.803. The molecule has 1 atom stereocenters. The van der Waals surface area contributed by atoms with Crippen molar-refractivity contribution >= 4 is 15.9 Å². The zero-order valence-corrected chi connectivity index (χ0v) is 16.5. The Morgan fingerprint density at radius 1 is 1.12 bits per heavy atom. The largest absolute Gasteiger partial charge is 0.336 e. The van der Waals surface area contributed by atoms with Gasteiger partial charge in [0, 0.05) is 44.3 Å². The van der Waals surface area contributed by atoms with Crippen molar-refractivity contribution in [2.75, 3.05) is 39.8 Å². The first-order chi connectivity index (χ1) is 12.4. The van der Waals surface area contributed by atoms with Crippen LogP contribution in [0.4, 0.5) is 0 Å². The molecule has 2 fully saturated rings. The molecule has 2 aliphatic heterocycles. The Hall–Kier alpha value is -1.44. The highest BCUT2D eigenvalue weighted by molar-refractivity contribution is 7.89. The minimum Gasteiger partial charge on any atom is -0.336 e. The fourth-order valence-corrected chi connectivity index (χ4v) is 5.63. The average molecular weight is 380 g/mol. The van der Waals surface area contributed by atoms with Gasteiger partial charge in [0.1, 0.15) is 0 Å². The average Bonchev–Trinajstić information content (AvgIpc) is 2.68. The van der Waals surface area contributed by atoms with Crippen LogP contribution in [-0.4, -0.2) is 74.2 Å². The number of benzene rings is 1. The number of hydrogen-bond acceptors (Lipinski definition) is 4. The number of amides is 1. The third-order valence-electron chi connectivity index (χ3n) is 5.52. The molecule has 0 spiro atoms. The van der Waals surface area contributed by atoms with Crippen molar-refractivity contribution in [3.63, 3.8) is 0 Å². The summed E-state index contributed by atoms with van der Waals surface area (Å²) in [7, 11) is -1.52. The highest BCUT2D eigenvalue weighted by Gasteiger charge is 2.33. The molecule has 1 aromatic rings. The zero-order valence-electron chi connectivity index (χ0n) is 15.7. The number of carbonyl (C=O) groups is 1. The second-order valence-electron chi connectivity index (χ2n) is 7.30. The number of hydrogen-bond donors (Lipinski definition) is 0. The molecule has 0 aliphatic carbocycles. The molecule has 26 heavy (non-hydrogen) atoms. The van der Waals surface area contributed by atoms with Crippen LogP contribution in [0.3, 0.4) is 0 Å². The molecule has 3 rings (SSSR count). The molecule has 0 N–H and O–H groups in total. The summed E-state index contributed by atoms with van der Waals surface area (Å²) in [6.45, 7) is 5.64. The monoisotopic (exact) mass is 379 g/mol. The van der Waals surface area contributed by atoms with Crippen LogP contribution in [0, 0.1) is 0 Å². The first-order valence-corrected chi connectivity index (χ1v) is 11.0. The van der Waals surface area contributed by atoms with E-state index in [1.807, 2.05) is 18.9 Å². The smallest absolute Gasteiger partial charge is 0.253 e. The van der Waals surface area contributed by atoms with E-state index in [0.717, 1.165) is 38.8 Å². The Balaban J connectivity index is 1.83. The Labute approximate surface area is 156 Å². The number of sulfonamides is 1. The lowest BCUT2D eigenvalue weighted by atomic mass is 10.0. The van der Waals surface area contributed by atoms with Crippen molar-refractivity contribution in [1.29, 1.82) is 0 Å². The fourth-order valence-electron chi connectivity index (χ4n) is 3.82. The summed E-state index contributed by atoms with van der Waals surface area (Å²) in [4.78, 5) is 17.0. The molecule has 1 unspecified atom stereocenters. The number of likely N-dealkylation sites (N-methyl/N-ethyl adjacent to an activating group) is 1. The predicted molar refractivity (Wildman–Crippen MR) is 102 cm³/mol. The molecule has 2 heterocycles. The van der Waals surface area contributed by atoms with E-state index >= 15 is 0 Å². The Bertz CT molecular complexity index is 742. The van der Waals surface area contributed by atoms with Crippen molar-refractivity contribution in [1.82, 2.24) is 14.1 Å². The van der Waals surface area contributed by atoms with Gasteiger partial charge in [0.15, 0.2) is 0 Å². The van der Waals surface area contributed by atoms with Gasteiger partial charge in [0.05, 0.1) is 4.90 Å². The van der Waals surface area contributed by atoms with E-state index in [0.29, 0.717) is 25.2 Å². The summed E-state index contributed by atoms with van der Waals surface area (Å²) in [6, 6.07) is 6.62. The molecule has 7 heteroatoms. The van der Waals surface area contributed by atoms with Crippen LogP contribution in [0.15, 0.2) is 29.2 Å². The minimum absolute atomic E-state index is 0.0609. The summed E-state index contributed by atoms with van der Waals surface area (Å²) in [6.07, 6.45) is 3.71. The van der Waals surface area contributed by atoms with Crippen LogP contribution < -0.4 is 0 Å². The van der Waals surface area contributed by atoms with E-state index in [2.05, 4.69) is 4.90 Å². The Kier molecular flexibility index (Phi) is 5.99. The van der Waals surface area contributed by atoms with E-state index in [1.54, 1.807) is 28.6 Å². The highest BCUT2D eigenvalue weighted by atomic mass is 32.2. The van der Waals surface area contributed by atoms with Crippen LogP contribution in [0.5, 0.6) is 0 Å². The number of nitrogens with zero attached hydrogens (tertiary/aromatic N) is 3. The third kappa shape index (κ3) is 3.94. The number of piperidine rings is 1. The SMILES string of the molecule is CCC1CCCCN1S(=O)(=O)c1cccc(C(=O)N2CCN(C)CC2)c1. The van der Waals surface area contributed by atoms with Gasteiger partial charge < -0.3 is 9.80 Å². The molecule has 1 amide bonds. The molecule has 0 saturated carbocycles. The first kappa shape index (κ1) is 19.3. The van der Waals surface area contributed by atoms with Gasteiger partial charge in [-0.25, -0.2) is 8.42 Å². The van der Waals surface area contributed by atoms with Crippen molar-refractivity contribution in [3.8, 4) is 0 Å². The summed E-state index contributed by atoms with van der Waals surface area (Å²) in [5, 5.41) is 0. The van der Waals surface area contributed by atoms with Crippen LogP contribution in [0.1, 0.15) is 43.0 Å². The fraction of sp³-hybridized carbons (Fsp3) is 0.632. The van der Waals surface area contributed by atoms with Gasteiger partial charge in [-0.1, -0.05) is 19.4 Å². The standard InChI is InChI=1S/C19H29N3O3S/c1-3-17-8-4-5-10-22(17)26(24,25)18-9-6-7-16(15-18)19(23)21-13-11-20(2)12-14-21/h6-7,9,15,17H,3-5,8,10-14H2,1-2H3. The second kappa shape index (κ2) is 8.06. The van der Waals surface area contributed by atoms with Gasteiger partial charge in [-0.15, -0.1) is 0 Å². The van der Waals surface area contributed by atoms with Crippen molar-refractivity contribution < 1.29 is 13.2 Å². The summed E-state index contributed by atoms with van der Waals surface area (Å²) in [5.74, 6) is -0.0826. The lowest BCUT2D eigenvalue weighted by Crippen LogP contribution is -2.47. The van der Waals surface area contributed by atoms with Crippen LogP contribution in [0.2, 0.25) is 0 Å². The van der Waals surface area contributed by atoms with Crippen molar-refractivity contribution in [3.05, 3.63) is 29.8 Å². The van der Waals surface area contributed by atoms with Crippen LogP contribution in [-0.2, 0) is 10.0 Å². The molecule has 0 radical (unpaired) electrons. The zero-order chi connectivity index (χ0) is 18.7. The molecular weight excluding hydrogens is 350 g/mol. The van der Waals surface area contributed by atoms with Gasteiger partial charge >= 0.3 is 0 Å². The van der Waals surface area contributed by atoms with Gasteiger partial charge in [-0.05, 0) is 44.5 Å². The van der Waals surface area contributed by atoms with E-state index < -0.39 is 10.0 Å². The second-order valence-corrected chi connectivity index (χ2v) is 9.19. The maximum atomic E-state index is 13.1. The first-order valence-electron chi connectivity index (χ1n) is 9.53. The summed E-state index contributed by atoms with van der Waals surface area (Å²) < 4.78 is 27.9. The molecule has 2 saturated heterocycles. The van der Waals surface area contributed by atoms with Crippen LogP contribution in [0.25, 0.3) is 0 Å². The topological polar surface area (TPSA) is 60.9 Å². The third-order valence-corrected chi connectivity index (χ3v) is 7.47. The molecule has 1 aromatic carbocycles. The van der Waals surface area contributed by atoms with Crippen molar-refractivity contribution in [2.24, 2.45) is 0 Å². The lowest BCUT2D eigenvalue weighted by Gasteiger charge is -2.34. The molecule has 6 nitrogen and oxygen atoms in total. The predicted octanol–water partition coefficient (Wildman–Crippen LogP) is 2.03. The van der Waals surface area contributed by atoms with Gasteiger partial charge in [-0.3, -0.25) is 4.79 Å². The lowest BCUT2D eigenvalue weighted by molar-refractivity contribution is 0.0664. The number of carbonyl (C=O) groups excluding carboxylic acids is 1. The molecule has 2 aliphatic rings. The van der Waals surface area contributed by atoms with Crippen LogP contribution >= 0.6 is 0 Å². The van der Waals surface area contributed by atoms with Crippen molar-refractivity contribution in [2.45, 2.75) is 43.5 Å². The summed E-state index contributed by atoms with van der Waals surface area (Å²) >= 11 is 0. The highest BCUT2D eigenvalue weighted by Crippen LogP contribution is 2.27. The molecule has 144 valence electrons. The molecule has 0 bridgehead atoms.